The molecule has 4 bridgehead atoms. The van der Waals surface area contributed by atoms with Crippen LogP contribution in [0.1, 0.15) is 52.9 Å². The number of hydrogen-bond acceptors (Lipinski definition) is 2. The van der Waals surface area contributed by atoms with E-state index in [1.54, 1.807) is 0 Å². The van der Waals surface area contributed by atoms with Gasteiger partial charge in [0.2, 0.25) is 0 Å². The molecule has 4 rings (SSSR count). The molecule has 4 aliphatic carbocycles. The van der Waals surface area contributed by atoms with Crippen LogP contribution in [0.15, 0.2) is 0 Å². The van der Waals surface area contributed by atoms with Crippen LogP contribution in [-0.2, 0) is 0 Å². The Hall–Kier alpha value is -0.0800. The third-order valence-corrected chi connectivity index (χ3v) is 7.14. The molecule has 17 heavy (non-hydrogen) atoms. The molecule has 0 spiro atoms. The van der Waals surface area contributed by atoms with Crippen molar-refractivity contribution in [2.24, 2.45) is 28.6 Å². The minimum atomic E-state index is -0.632. The number of rotatable bonds is 1. The highest BCUT2D eigenvalue weighted by Crippen LogP contribution is 2.71. The predicted molar refractivity (Wildman–Crippen MR) is 67.5 cm³/mol. The van der Waals surface area contributed by atoms with Crippen molar-refractivity contribution in [1.82, 2.24) is 0 Å². The molecule has 0 amide bonds. The number of aliphatic hydroxyl groups excluding tert-OH is 1. The quantitative estimate of drug-likeness (QED) is 0.737. The molecule has 0 radical (unpaired) electrons. The van der Waals surface area contributed by atoms with Gasteiger partial charge in [-0.1, -0.05) is 20.8 Å². The van der Waals surface area contributed by atoms with E-state index in [0.717, 1.165) is 25.2 Å². The number of fused-ring (bicyclic) bond motifs is 1. The molecule has 0 aromatic carbocycles. The summed E-state index contributed by atoms with van der Waals surface area (Å²) in [6.07, 6.45) is 5.57. The zero-order valence-electron chi connectivity index (χ0n) is 11.4. The second-order valence-electron chi connectivity index (χ2n) is 7.45. The zero-order chi connectivity index (χ0) is 12.5. The van der Waals surface area contributed by atoms with Crippen molar-refractivity contribution in [3.63, 3.8) is 0 Å². The summed E-state index contributed by atoms with van der Waals surface area (Å²) in [6.45, 7) is 6.91. The summed E-state index contributed by atoms with van der Waals surface area (Å²) >= 11 is 0. The normalized spacial score (nSPS) is 61.6. The number of aliphatic hydroxyl groups is 2. The monoisotopic (exact) mass is 238 g/mol. The summed E-state index contributed by atoms with van der Waals surface area (Å²) in [4.78, 5) is 0. The predicted octanol–water partition coefficient (Wildman–Crippen LogP) is 2.58. The van der Waals surface area contributed by atoms with Crippen molar-refractivity contribution in [2.75, 3.05) is 6.61 Å². The summed E-state index contributed by atoms with van der Waals surface area (Å²) < 4.78 is 0. The largest absolute Gasteiger partial charge is 0.396 e. The van der Waals surface area contributed by atoms with Crippen LogP contribution >= 0.6 is 0 Å². The van der Waals surface area contributed by atoms with Crippen LogP contribution in [0.3, 0.4) is 0 Å². The Morgan fingerprint density at radius 1 is 1.18 bits per heavy atom. The molecule has 4 aliphatic rings. The van der Waals surface area contributed by atoms with E-state index in [0.29, 0.717) is 11.8 Å². The van der Waals surface area contributed by atoms with E-state index in [2.05, 4.69) is 20.8 Å². The van der Waals surface area contributed by atoms with E-state index in [-0.39, 0.29) is 17.4 Å². The first-order valence-corrected chi connectivity index (χ1v) is 7.22. The highest BCUT2D eigenvalue weighted by Gasteiger charge is 2.71. The fraction of sp³-hybridized carbons (Fsp3) is 1.00. The second kappa shape index (κ2) is 3.27. The molecular weight excluding hydrogens is 212 g/mol. The van der Waals surface area contributed by atoms with E-state index in [4.69, 9.17) is 0 Å². The lowest BCUT2D eigenvalue weighted by Crippen LogP contribution is -2.73. The zero-order valence-corrected chi connectivity index (χ0v) is 11.4. The molecular formula is C15H26O2. The van der Waals surface area contributed by atoms with Crippen LogP contribution < -0.4 is 0 Å². The fourth-order valence-corrected chi connectivity index (χ4v) is 5.76. The van der Waals surface area contributed by atoms with Gasteiger partial charge in [0, 0.05) is 10.8 Å². The molecule has 98 valence electrons. The first kappa shape index (κ1) is 12.0. The highest BCUT2D eigenvalue weighted by molar-refractivity contribution is 5.20. The lowest BCUT2D eigenvalue weighted by Gasteiger charge is -2.72. The van der Waals surface area contributed by atoms with E-state index in [1.807, 2.05) is 0 Å². The van der Waals surface area contributed by atoms with Crippen LogP contribution in [-0.4, -0.2) is 22.4 Å². The minimum absolute atomic E-state index is 0.0386. The van der Waals surface area contributed by atoms with E-state index >= 15 is 0 Å². The second-order valence-corrected chi connectivity index (χ2v) is 7.45. The summed E-state index contributed by atoms with van der Waals surface area (Å²) in [7, 11) is 0. The van der Waals surface area contributed by atoms with Gasteiger partial charge in [-0.2, -0.15) is 0 Å². The molecule has 0 heterocycles. The van der Waals surface area contributed by atoms with Gasteiger partial charge in [0.1, 0.15) is 0 Å². The fourth-order valence-electron chi connectivity index (χ4n) is 5.76. The Kier molecular flexibility index (Phi) is 2.30. The molecule has 0 unspecified atom stereocenters. The molecule has 0 aliphatic heterocycles. The SMILES string of the molecule is C[C@H]1CC[C@@]2(O)[C@@](C)(CO)[C@@H]3CC[C@@]2(C)[C@H]1C3. The first-order valence-electron chi connectivity index (χ1n) is 7.22. The lowest BCUT2D eigenvalue weighted by molar-refractivity contribution is -0.304. The number of hydrogen-bond donors (Lipinski definition) is 2. The molecule has 6 atom stereocenters. The van der Waals surface area contributed by atoms with E-state index in [9.17, 15) is 10.2 Å². The standard InChI is InChI=1S/C15H26O2/c1-10-4-7-15(17)13(2)6-5-11(8-12(10)13)14(15,3)9-16/h10-12,16-17H,4-9H2,1-3H3/t10-,11+,12-,13-,14-,15-/m0/s1. The van der Waals surface area contributed by atoms with Crippen LogP contribution in [0.2, 0.25) is 0 Å². The highest BCUT2D eigenvalue weighted by atomic mass is 16.3. The lowest BCUT2D eigenvalue weighted by atomic mass is 9.35. The van der Waals surface area contributed by atoms with Crippen molar-refractivity contribution in [3.8, 4) is 0 Å². The van der Waals surface area contributed by atoms with Gasteiger partial charge < -0.3 is 10.2 Å². The average Bonchev–Trinajstić information content (AvgIpc) is 2.32. The molecule has 2 heteroatoms. The molecule has 0 aromatic heterocycles. The summed E-state index contributed by atoms with van der Waals surface area (Å²) in [5, 5.41) is 21.2. The molecule has 4 saturated carbocycles. The Bertz CT molecular complexity index is 342. The molecule has 2 N–H and O–H groups in total. The maximum atomic E-state index is 11.3. The van der Waals surface area contributed by atoms with Gasteiger partial charge in [-0.05, 0) is 49.9 Å². The van der Waals surface area contributed by atoms with Crippen molar-refractivity contribution in [1.29, 1.82) is 0 Å². The summed E-state index contributed by atoms with van der Waals surface area (Å²) in [5.74, 6) is 1.93. The van der Waals surface area contributed by atoms with Gasteiger partial charge in [0.15, 0.2) is 0 Å². The van der Waals surface area contributed by atoms with Crippen molar-refractivity contribution >= 4 is 0 Å². The van der Waals surface area contributed by atoms with Crippen LogP contribution in [0.4, 0.5) is 0 Å². The average molecular weight is 238 g/mol. The topological polar surface area (TPSA) is 40.5 Å². The maximum absolute atomic E-state index is 11.3. The van der Waals surface area contributed by atoms with E-state index < -0.39 is 5.60 Å². The molecule has 0 aromatic rings. The van der Waals surface area contributed by atoms with Crippen LogP contribution in [0.25, 0.3) is 0 Å². The van der Waals surface area contributed by atoms with Gasteiger partial charge in [0.25, 0.3) is 0 Å². The molecule has 4 fully saturated rings. The Labute approximate surface area is 104 Å². The summed E-state index contributed by atoms with van der Waals surface area (Å²) in [5.41, 5.74) is -0.860. The minimum Gasteiger partial charge on any atom is -0.396 e. The third-order valence-electron chi connectivity index (χ3n) is 7.14. The Balaban J connectivity index is 2.12. The van der Waals surface area contributed by atoms with Crippen molar-refractivity contribution < 1.29 is 10.2 Å². The van der Waals surface area contributed by atoms with E-state index in [1.165, 1.54) is 12.8 Å². The van der Waals surface area contributed by atoms with Crippen molar-refractivity contribution in [3.05, 3.63) is 0 Å². The first-order chi connectivity index (χ1) is 7.89. The van der Waals surface area contributed by atoms with Crippen LogP contribution in [0.5, 0.6) is 0 Å². The molecule has 0 saturated heterocycles. The van der Waals surface area contributed by atoms with Crippen molar-refractivity contribution in [2.45, 2.75) is 58.5 Å². The maximum Gasteiger partial charge on any atom is 0.0781 e. The Morgan fingerprint density at radius 3 is 2.53 bits per heavy atom. The van der Waals surface area contributed by atoms with Gasteiger partial charge in [0.05, 0.1) is 12.2 Å². The van der Waals surface area contributed by atoms with Gasteiger partial charge in [-0.25, -0.2) is 0 Å². The third kappa shape index (κ3) is 1.10. The van der Waals surface area contributed by atoms with Gasteiger partial charge in [-0.15, -0.1) is 0 Å². The van der Waals surface area contributed by atoms with Crippen LogP contribution in [0, 0.1) is 28.6 Å². The summed E-state index contributed by atoms with van der Waals surface area (Å²) in [6, 6.07) is 0. The smallest absolute Gasteiger partial charge is 0.0781 e. The van der Waals surface area contributed by atoms with Gasteiger partial charge in [-0.3, -0.25) is 0 Å². The Morgan fingerprint density at radius 2 is 1.88 bits per heavy atom. The van der Waals surface area contributed by atoms with Gasteiger partial charge >= 0.3 is 0 Å². The molecule has 2 nitrogen and oxygen atoms in total.